The van der Waals surface area contributed by atoms with Crippen molar-refractivity contribution in [2.75, 3.05) is 5.88 Å². The zero-order valence-corrected chi connectivity index (χ0v) is 12.0. The highest BCUT2D eigenvalue weighted by molar-refractivity contribution is 7.63. The summed E-state index contributed by atoms with van der Waals surface area (Å²) in [5.74, 6) is 0.151. The fourth-order valence-corrected chi connectivity index (χ4v) is 3.26. The van der Waals surface area contributed by atoms with Crippen molar-refractivity contribution >= 4 is 33.5 Å². The van der Waals surface area contributed by atoms with Gasteiger partial charge in [-0.1, -0.05) is 35.9 Å². The van der Waals surface area contributed by atoms with E-state index in [4.69, 9.17) is 23.2 Å². The molecule has 0 bridgehead atoms. The van der Waals surface area contributed by atoms with E-state index in [9.17, 15) is 13.6 Å². The van der Waals surface area contributed by atoms with Gasteiger partial charge in [0, 0.05) is 23.1 Å². The summed E-state index contributed by atoms with van der Waals surface area (Å²) in [5.41, 5.74) is -0.415. The second kappa shape index (κ2) is 5.45. The van der Waals surface area contributed by atoms with Crippen molar-refractivity contribution in [2.45, 2.75) is 11.8 Å². The van der Waals surface area contributed by atoms with Crippen LogP contribution in [0.4, 0.5) is 0 Å². The molecule has 1 heterocycles. The standard InChI is InChI=1S/C12H10Cl2NO3S/c13-8-12(4-2-1-3-5-12)10-6-9(14)7-15(16)11(10)19(17)18/h1-4,6-7H,5,8H2/q-1. The molecular formula is C12H10Cl2NO3S-. The van der Waals surface area contributed by atoms with Gasteiger partial charge in [-0.05, 0) is 12.5 Å². The molecule has 0 spiro atoms. The van der Waals surface area contributed by atoms with Gasteiger partial charge in [0.15, 0.2) is 4.64 Å². The summed E-state index contributed by atoms with van der Waals surface area (Å²) in [4.78, 5) is 0. The Bertz CT molecular complexity index is 726. The van der Waals surface area contributed by atoms with Gasteiger partial charge in [-0.3, -0.25) is 0 Å². The largest absolute Gasteiger partial charge is 0.805 e. The van der Waals surface area contributed by atoms with Gasteiger partial charge in [0.2, 0.25) is 10.3 Å². The molecule has 2 rings (SSSR count). The van der Waals surface area contributed by atoms with E-state index in [0.29, 0.717) is 12.0 Å². The minimum absolute atomic E-state index is 0.151. The summed E-state index contributed by atoms with van der Waals surface area (Å²) >= 11 is 11.9. The summed E-state index contributed by atoms with van der Waals surface area (Å²) < 4.78 is 22.5. The average molecular weight is 319 g/mol. The van der Waals surface area contributed by atoms with Gasteiger partial charge in [0.25, 0.3) is 0 Å². The van der Waals surface area contributed by atoms with Crippen molar-refractivity contribution in [3.8, 4) is 0 Å². The maximum Gasteiger partial charge on any atom is 0.238 e. The molecule has 0 radical (unpaired) electrons. The molecule has 1 unspecified atom stereocenters. The first kappa shape index (κ1) is 14.2. The molecule has 1 atom stereocenters. The molecule has 1 aliphatic carbocycles. The van der Waals surface area contributed by atoms with Crippen LogP contribution >= 0.6 is 23.2 Å². The third kappa shape index (κ3) is 2.59. The molecule has 19 heavy (non-hydrogen) atoms. The van der Waals surface area contributed by atoms with Crippen LogP contribution in [0.15, 0.2) is 36.6 Å². The Morgan fingerprint density at radius 2 is 2.16 bits per heavy atom. The Labute approximate surface area is 121 Å². The molecule has 102 valence electrons. The number of halogens is 2. The normalized spacial score (nSPS) is 21.6. The van der Waals surface area contributed by atoms with Crippen molar-refractivity contribution in [3.05, 3.63) is 57.0 Å². The molecule has 0 N–H and O–H groups in total. The van der Waals surface area contributed by atoms with E-state index in [-0.39, 0.29) is 20.3 Å². The molecular weight excluding hydrogens is 309 g/mol. The maximum absolute atomic E-state index is 11.8. The summed E-state index contributed by atoms with van der Waals surface area (Å²) in [5, 5.41) is 11.9. The summed E-state index contributed by atoms with van der Waals surface area (Å²) in [6.45, 7) is 0. The number of allylic oxidation sites excluding steroid dienone is 4. The first-order valence-corrected chi connectivity index (χ1v) is 7.42. The van der Waals surface area contributed by atoms with E-state index in [1.807, 2.05) is 12.2 Å². The van der Waals surface area contributed by atoms with Crippen molar-refractivity contribution in [2.24, 2.45) is 0 Å². The third-order valence-electron chi connectivity index (χ3n) is 3.03. The van der Waals surface area contributed by atoms with Gasteiger partial charge in [0.1, 0.15) is 0 Å². The number of nitrogens with zero attached hydrogens (tertiary/aromatic N) is 1. The fourth-order valence-electron chi connectivity index (χ4n) is 2.08. The highest BCUT2D eigenvalue weighted by Gasteiger charge is 2.31. The minimum Gasteiger partial charge on any atom is -0.805 e. The van der Waals surface area contributed by atoms with Crippen LogP contribution in [0.3, 0.4) is 0 Å². The molecule has 0 saturated carbocycles. The van der Waals surface area contributed by atoms with E-state index in [0.717, 1.165) is 6.20 Å². The predicted octanol–water partition coefficient (Wildman–Crippen LogP) is 2.89. The Kier molecular flexibility index (Phi) is 4.08. The summed E-state index contributed by atoms with van der Waals surface area (Å²) in [6, 6.07) is 1.48. The second-order valence-corrected chi connectivity index (χ2v) is 5.78. The van der Waals surface area contributed by atoms with Crippen molar-refractivity contribution in [1.82, 2.24) is 4.73 Å². The van der Waals surface area contributed by atoms with E-state index in [1.165, 1.54) is 6.07 Å². The van der Waals surface area contributed by atoms with E-state index < -0.39 is 15.7 Å². The van der Waals surface area contributed by atoms with Gasteiger partial charge in [-0.15, -0.1) is 11.6 Å². The van der Waals surface area contributed by atoms with Gasteiger partial charge in [0.05, 0.1) is 5.02 Å². The van der Waals surface area contributed by atoms with Crippen LogP contribution in [0, 0.1) is 9.85 Å². The maximum atomic E-state index is 11.8. The Morgan fingerprint density at radius 3 is 2.68 bits per heavy atom. The Morgan fingerprint density at radius 1 is 1.42 bits per heavy atom. The summed E-state index contributed by atoms with van der Waals surface area (Å²) in [6.07, 6.45) is 8.81. The summed E-state index contributed by atoms with van der Waals surface area (Å²) in [7, 11) is -2.66. The zero-order valence-electron chi connectivity index (χ0n) is 9.71. The molecule has 0 aliphatic heterocycles. The van der Waals surface area contributed by atoms with Gasteiger partial charge in [-0.25, -0.2) is 0 Å². The number of hydrogen-bond acceptors (Lipinski definition) is 3. The lowest BCUT2D eigenvalue weighted by atomic mass is 9.78. The van der Waals surface area contributed by atoms with Crippen LogP contribution in [0.2, 0.25) is 5.02 Å². The zero-order chi connectivity index (χ0) is 14.0. The number of alkyl halides is 1. The average Bonchev–Trinajstić information content (AvgIpc) is 2.38. The van der Waals surface area contributed by atoms with Crippen LogP contribution in [0.1, 0.15) is 12.0 Å². The fraction of sp³-hybridized carbons (Fsp3) is 0.250. The van der Waals surface area contributed by atoms with Crippen molar-refractivity contribution in [3.63, 3.8) is 0 Å². The van der Waals surface area contributed by atoms with E-state index in [2.05, 4.69) is 0 Å². The molecule has 1 aliphatic rings. The first-order valence-electron chi connectivity index (χ1n) is 5.43. The van der Waals surface area contributed by atoms with Crippen LogP contribution in [0.5, 0.6) is 0 Å². The molecule has 0 amide bonds. The van der Waals surface area contributed by atoms with Crippen molar-refractivity contribution < 1.29 is 8.42 Å². The topological polar surface area (TPSA) is 62.1 Å². The number of hydrogen-bond donors (Lipinski definition) is 0. The SMILES string of the molecule is O=S(=O)=c1c(C2(CCl)C=CC=CC2)cc(Cl)cn1[O-]. The molecule has 0 aromatic carbocycles. The highest BCUT2D eigenvalue weighted by atomic mass is 35.5. The van der Waals surface area contributed by atoms with Crippen LogP contribution in [-0.4, -0.2) is 19.0 Å². The molecule has 7 heteroatoms. The molecule has 0 saturated heterocycles. The van der Waals surface area contributed by atoms with Crippen molar-refractivity contribution in [1.29, 1.82) is 0 Å². The third-order valence-corrected chi connectivity index (χ3v) is 4.43. The lowest BCUT2D eigenvalue weighted by Gasteiger charge is -2.31. The van der Waals surface area contributed by atoms with Gasteiger partial charge < -0.3 is 9.94 Å². The molecule has 0 fully saturated rings. The lowest BCUT2D eigenvalue weighted by molar-refractivity contribution is 0.593. The lowest BCUT2D eigenvalue weighted by Crippen LogP contribution is -2.28. The predicted molar refractivity (Wildman–Crippen MR) is 75.7 cm³/mol. The smallest absolute Gasteiger partial charge is 0.238 e. The van der Waals surface area contributed by atoms with Crippen LogP contribution in [0.25, 0.3) is 0 Å². The van der Waals surface area contributed by atoms with Crippen LogP contribution < -0.4 is 0 Å². The van der Waals surface area contributed by atoms with Crippen LogP contribution in [-0.2, 0) is 15.7 Å². The van der Waals surface area contributed by atoms with Gasteiger partial charge in [-0.2, -0.15) is 8.42 Å². The first-order chi connectivity index (χ1) is 9.00. The van der Waals surface area contributed by atoms with Gasteiger partial charge >= 0.3 is 0 Å². The Balaban J connectivity index is 2.86. The molecule has 1 aromatic heterocycles. The van der Waals surface area contributed by atoms with E-state index >= 15 is 0 Å². The Hall–Kier alpha value is -1.17. The molecule has 1 aromatic rings. The monoisotopic (exact) mass is 318 g/mol. The molecule has 4 nitrogen and oxygen atoms in total. The number of aromatic nitrogens is 1. The number of pyridine rings is 1. The highest BCUT2D eigenvalue weighted by Crippen LogP contribution is 2.35. The minimum atomic E-state index is -2.66. The second-order valence-electron chi connectivity index (χ2n) is 4.22. The number of rotatable bonds is 2. The van der Waals surface area contributed by atoms with E-state index in [1.54, 1.807) is 12.2 Å². The quantitative estimate of drug-likeness (QED) is 0.622.